The highest BCUT2D eigenvalue weighted by Crippen LogP contribution is 2.20. The first kappa shape index (κ1) is 22.2. The van der Waals surface area contributed by atoms with Crippen LogP contribution in [0.1, 0.15) is 47.1 Å². The molecule has 136 valence electrons. The van der Waals surface area contributed by atoms with Crippen molar-refractivity contribution in [2.24, 2.45) is 29.6 Å². The van der Waals surface area contributed by atoms with E-state index in [-0.39, 0.29) is 29.6 Å². The largest absolute Gasteiger partial charge is 0.481 e. The van der Waals surface area contributed by atoms with Crippen LogP contribution in [0.3, 0.4) is 0 Å². The van der Waals surface area contributed by atoms with Crippen LogP contribution < -0.4 is 0 Å². The number of carbonyl (C=O) groups is 2. The molecule has 0 spiro atoms. The van der Waals surface area contributed by atoms with Crippen LogP contribution in [-0.4, -0.2) is 22.2 Å². The van der Waals surface area contributed by atoms with Crippen molar-refractivity contribution in [2.75, 3.05) is 0 Å². The standard InChI is InChI=1S/C12H16O2.C8H16O2/c1-9(2)11(12(13)14)8-10-6-4-3-5-7-10;1-5(2)7(6(3)4)8(9)10/h3-7,9,11H,8H2,1-2H3,(H,13,14);5-7H,1-4H3,(H,9,10). The van der Waals surface area contributed by atoms with Crippen molar-refractivity contribution in [3.63, 3.8) is 0 Å². The van der Waals surface area contributed by atoms with Crippen molar-refractivity contribution in [1.29, 1.82) is 0 Å². The molecule has 2 N–H and O–H groups in total. The lowest BCUT2D eigenvalue weighted by Crippen LogP contribution is -2.24. The number of benzene rings is 1. The van der Waals surface area contributed by atoms with Gasteiger partial charge in [0.1, 0.15) is 0 Å². The van der Waals surface area contributed by atoms with Crippen LogP contribution in [-0.2, 0) is 16.0 Å². The Morgan fingerprint density at radius 1 is 0.792 bits per heavy atom. The SMILES string of the molecule is CC(C)C(C(=O)O)C(C)C.CC(C)C(Cc1ccccc1)C(=O)O. The topological polar surface area (TPSA) is 74.6 Å². The zero-order valence-corrected chi connectivity index (χ0v) is 15.7. The van der Waals surface area contributed by atoms with Crippen molar-refractivity contribution in [2.45, 2.75) is 48.0 Å². The molecule has 0 aromatic heterocycles. The van der Waals surface area contributed by atoms with E-state index in [1.807, 2.05) is 71.9 Å². The molecule has 24 heavy (non-hydrogen) atoms. The summed E-state index contributed by atoms with van der Waals surface area (Å²) in [5.41, 5.74) is 1.09. The Morgan fingerprint density at radius 2 is 1.25 bits per heavy atom. The third-order valence-electron chi connectivity index (χ3n) is 4.14. The molecule has 0 saturated heterocycles. The predicted octanol–water partition coefficient (Wildman–Crippen LogP) is 4.59. The minimum atomic E-state index is -0.705. The molecule has 4 nitrogen and oxygen atoms in total. The summed E-state index contributed by atoms with van der Waals surface area (Å²) in [5.74, 6) is -1.21. The quantitative estimate of drug-likeness (QED) is 0.764. The number of carboxylic acids is 2. The van der Waals surface area contributed by atoms with E-state index < -0.39 is 11.9 Å². The Labute approximate surface area is 145 Å². The van der Waals surface area contributed by atoms with E-state index in [4.69, 9.17) is 10.2 Å². The van der Waals surface area contributed by atoms with E-state index >= 15 is 0 Å². The number of hydrogen-bond donors (Lipinski definition) is 2. The Balaban J connectivity index is 0.000000470. The van der Waals surface area contributed by atoms with E-state index in [9.17, 15) is 9.59 Å². The molecule has 0 fully saturated rings. The molecule has 1 aromatic carbocycles. The number of carboxylic acid groups (broad SMARTS) is 2. The van der Waals surface area contributed by atoms with Crippen LogP contribution in [0.15, 0.2) is 30.3 Å². The molecule has 1 aromatic rings. The maximum Gasteiger partial charge on any atom is 0.307 e. The molecule has 1 rings (SSSR count). The molecule has 0 aliphatic carbocycles. The normalized spacial score (nSPS) is 12.2. The second kappa shape index (κ2) is 10.8. The molecule has 0 aliphatic heterocycles. The van der Waals surface area contributed by atoms with Crippen molar-refractivity contribution in [3.05, 3.63) is 35.9 Å². The van der Waals surface area contributed by atoms with Gasteiger partial charge in [-0.05, 0) is 29.7 Å². The van der Waals surface area contributed by atoms with Gasteiger partial charge in [-0.3, -0.25) is 9.59 Å². The van der Waals surface area contributed by atoms with Gasteiger partial charge in [0.05, 0.1) is 11.8 Å². The number of hydrogen-bond acceptors (Lipinski definition) is 2. The fourth-order valence-electron chi connectivity index (χ4n) is 2.82. The van der Waals surface area contributed by atoms with Crippen molar-refractivity contribution in [3.8, 4) is 0 Å². The number of aliphatic carboxylic acids is 2. The summed E-state index contributed by atoms with van der Waals surface area (Å²) in [7, 11) is 0. The van der Waals surface area contributed by atoms with E-state index in [0.717, 1.165) is 5.56 Å². The molecular weight excluding hydrogens is 304 g/mol. The highest BCUT2D eigenvalue weighted by molar-refractivity contribution is 5.71. The summed E-state index contributed by atoms with van der Waals surface area (Å²) in [6.07, 6.45) is 0.619. The third-order valence-corrected chi connectivity index (χ3v) is 4.14. The van der Waals surface area contributed by atoms with E-state index in [1.54, 1.807) is 0 Å². The van der Waals surface area contributed by atoms with Crippen LogP contribution in [0.25, 0.3) is 0 Å². The maximum absolute atomic E-state index is 10.9. The highest BCUT2D eigenvalue weighted by atomic mass is 16.4. The van der Waals surface area contributed by atoms with Gasteiger partial charge in [-0.1, -0.05) is 71.9 Å². The van der Waals surface area contributed by atoms with Crippen LogP contribution in [0.5, 0.6) is 0 Å². The van der Waals surface area contributed by atoms with Gasteiger partial charge in [-0.15, -0.1) is 0 Å². The fourth-order valence-corrected chi connectivity index (χ4v) is 2.82. The Morgan fingerprint density at radius 3 is 1.50 bits per heavy atom. The van der Waals surface area contributed by atoms with Gasteiger partial charge in [-0.2, -0.15) is 0 Å². The minimum Gasteiger partial charge on any atom is -0.481 e. The zero-order valence-electron chi connectivity index (χ0n) is 15.7. The first-order valence-electron chi connectivity index (χ1n) is 8.57. The van der Waals surface area contributed by atoms with Gasteiger partial charge >= 0.3 is 11.9 Å². The van der Waals surface area contributed by atoms with Crippen molar-refractivity contribution >= 4 is 11.9 Å². The predicted molar refractivity (Wildman–Crippen MR) is 96.9 cm³/mol. The molecular formula is C20H32O4. The Hall–Kier alpha value is -1.84. The van der Waals surface area contributed by atoms with Crippen LogP contribution in [0, 0.1) is 29.6 Å². The summed E-state index contributed by atoms with van der Waals surface area (Å²) in [6, 6.07) is 9.76. The molecule has 4 heteroatoms. The minimum absolute atomic E-state index is 0.174. The van der Waals surface area contributed by atoms with Gasteiger partial charge in [0.15, 0.2) is 0 Å². The van der Waals surface area contributed by atoms with Crippen LogP contribution in [0.4, 0.5) is 0 Å². The zero-order chi connectivity index (χ0) is 18.9. The molecule has 1 unspecified atom stereocenters. The van der Waals surface area contributed by atoms with Crippen molar-refractivity contribution < 1.29 is 19.8 Å². The molecule has 0 radical (unpaired) electrons. The highest BCUT2D eigenvalue weighted by Gasteiger charge is 2.24. The fraction of sp³-hybridized carbons (Fsp3) is 0.600. The van der Waals surface area contributed by atoms with E-state index in [2.05, 4.69) is 0 Å². The van der Waals surface area contributed by atoms with Crippen molar-refractivity contribution in [1.82, 2.24) is 0 Å². The summed E-state index contributed by atoms with van der Waals surface area (Å²) in [5, 5.41) is 17.7. The summed E-state index contributed by atoms with van der Waals surface area (Å²) in [6.45, 7) is 11.7. The first-order valence-corrected chi connectivity index (χ1v) is 8.57. The molecule has 0 bridgehead atoms. The average molecular weight is 336 g/mol. The summed E-state index contributed by atoms with van der Waals surface area (Å²) >= 11 is 0. The third kappa shape index (κ3) is 8.14. The summed E-state index contributed by atoms with van der Waals surface area (Å²) < 4.78 is 0. The summed E-state index contributed by atoms with van der Waals surface area (Å²) in [4.78, 5) is 21.5. The maximum atomic E-state index is 10.9. The van der Waals surface area contributed by atoms with E-state index in [1.165, 1.54) is 0 Å². The average Bonchev–Trinajstić information content (AvgIpc) is 2.44. The second-order valence-electron chi connectivity index (χ2n) is 7.23. The van der Waals surface area contributed by atoms with Gasteiger partial charge in [-0.25, -0.2) is 0 Å². The first-order chi connectivity index (χ1) is 11.1. The van der Waals surface area contributed by atoms with Crippen LogP contribution >= 0.6 is 0 Å². The van der Waals surface area contributed by atoms with Gasteiger partial charge in [0.2, 0.25) is 0 Å². The molecule has 0 aliphatic rings. The lowest BCUT2D eigenvalue weighted by molar-refractivity contribution is -0.145. The Kier molecular flexibility index (Phi) is 10.0. The smallest absolute Gasteiger partial charge is 0.307 e. The van der Waals surface area contributed by atoms with E-state index in [0.29, 0.717) is 6.42 Å². The number of rotatable bonds is 7. The molecule has 0 heterocycles. The molecule has 0 saturated carbocycles. The monoisotopic (exact) mass is 336 g/mol. The molecule has 1 atom stereocenters. The van der Waals surface area contributed by atoms with Gasteiger partial charge in [0.25, 0.3) is 0 Å². The molecule has 0 amide bonds. The second-order valence-corrected chi connectivity index (χ2v) is 7.23. The van der Waals surface area contributed by atoms with Gasteiger partial charge in [0, 0.05) is 0 Å². The lowest BCUT2D eigenvalue weighted by atomic mass is 9.86. The lowest BCUT2D eigenvalue weighted by Gasteiger charge is -2.19. The van der Waals surface area contributed by atoms with Gasteiger partial charge < -0.3 is 10.2 Å². The van der Waals surface area contributed by atoms with Crippen LogP contribution in [0.2, 0.25) is 0 Å². The Bertz CT molecular complexity index is 484.